The van der Waals surface area contributed by atoms with Crippen LogP contribution in [0.4, 0.5) is 6.01 Å². The molecule has 0 aliphatic carbocycles. The molecule has 0 spiro atoms. The summed E-state index contributed by atoms with van der Waals surface area (Å²) >= 11 is 0. The molecule has 3 rings (SSSR count). The molecular weight excluding hydrogens is 240 g/mol. The lowest BCUT2D eigenvalue weighted by atomic mass is 9.99. The smallest absolute Gasteiger partial charge is 0.318 e. The zero-order valence-corrected chi connectivity index (χ0v) is 11.0. The number of aromatic nitrogens is 2. The minimum atomic E-state index is -0.214. The van der Waals surface area contributed by atoms with Crippen molar-refractivity contribution in [1.29, 1.82) is 0 Å². The van der Waals surface area contributed by atoms with Gasteiger partial charge < -0.3 is 15.1 Å². The highest BCUT2D eigenvalue weighted by atomic mass is 16.4. The van der Waals surface area contributed by atoms with Gasteiger partial charge in [0.1, 0.15) is 0 Å². The Balaban J connectivity index is 1.71. The quantitative estimate of drug-likeness (QED) is 0.913. The fraction of sp³-hybridized carbons (Fsp3) is 0.429. The number of hydrogen-bond acceptors (Lipinski definition) is 5. The number of rotatable bonds is 3. The predicted octanol–water partition coefficient (Wildman–Crippen LogP) is 2.08. The average Bonchev–Trinajstić information content (AvgIpc) is 3.09. The van der Waals surface area contributed by atoms with Crippen LogP contribution in [-0.4, -0.2) is 23.3 Å². The van der Waals surface area contributed by atoms with Gasteiger partial charge in [-0.05, 0) is 18.9 Å². The van der Waals surface area contributed by atoms with E-state index in [2.05, 4.69) is 39.4 Å². The van der Waals surface area contributed by atoms with Crippen molar-refractivity contribution >= 4 is 6.01 Å². The maximum absolute atomic E-state index is 5.73. The van der Waals surface area contributed by atoms with Crippen molar-refractivity contribution in [2.75, 3.05) is 18.0 Å². The van der Waals surface area contributed by atoms with E-state index in [4.69, 9.17) is 10.2 Å². The summed E-state index contributed by atoms with van der Waals surface area (Å²) in [5.74, 6) is 1.03. The summed E-state index contributed by atoms with van der Waals surface area (Å²) in [6, 6.07) is 10.9. The van der Waals surface area contributed by atoms with Gasteiger partial charge in [-0.2, -0.15) is 0 Å². The summed E-state index contributed by atoms with van der Waals surface area (Å²) in [5.41, 5.74) is 7.10. The highest BCUT2D eigenvalue weighted by Crippen LogP contribution is 2.30. The molecule has 1 aromatic carbocycles. The SMILES string of the molecule is CC(N)c1nnc(N2CCC(c3ccccc3)C2)o1. The molecule has 1 aromatic heterocycles. The zero-order valence-electron chi connectivity index (χ0n) is 11.0. The van der Waals surface area contributed by atoms with E-state index in [1.54, 1.807) is 0 Å². The van der Waals surface area contributed by atoms with E-state index >= 15 is 0 Å². The molecule has 19 heavy (non-hydrogen) atoms. The third kappa shape index (κ3) is 2.46. The normalized spacial score (nSPS) is 20.7. The first-order valence-corrected chi connectivity index (χ1v) is 6.63. The Hall–Kier alpha value is -1.88. The zero-order chi connectivity index (χ0) is 13.2. The summed E-state index contributed by atoms with van der Waals surface area (Å²) < 4.78 is 5.59. The summed E-state index contributed by atoms with van der Waals surface area (Å²) in [5, 5.41) is 8.05. The van der Waals surface area contributed by atoms with E-state index in [0.717, 1.165) is 19.5 Å². The van der Waals surface area contributed by atoms with Gasteiger partial charge in [0.25, 0.3) is 0 Å². The van der Waals surface area contributed by atoms with Crippen molar-refractivity contribution in [3.8, 4) is 0 Å². The van der Waals surface area contributed by atoms with Crippen molar-refractivity contribution in [1.82, 2.24) is 10.2 Å². The van der Waals surface area contributed by atoms with Crippen LogP contribution in [-0.2, 0) is 0 Å². The highest BCUT2D eigenvalue weighted by molar-refractivity contribution is 5.32. The Morgan fingerprint density at radius 3 is 2.79 bits per heavy atom. The second kappa shape index (κ2) is 5.01. The monoisotopic (exact) mass is 258 g/mol. The van der Waals surface area contributed by atoms with Crippen LogP contribution in [0.2, 0.25) is 0 Å². The Morgan fingerprint density at radius 1 is 1.32 bits per heavy atom. The van der Waals surface area contributed by atoms with E-state index < -0.39 is 0 Å². The Kier molecular flexibility index (Phi) is 3.21. The Labute approximate surface area is 112 Å². The molecule has 0 radical (unpaired) electrons. The van der Waals surface area contributed by atoms with Crippen molar-refractivity contribution in [2.45, 2.75) is 25.3 Å². The molecule has 2 unspecified atom stereocenters. The minimum absolute atomic E-state index is 0.214. The molecule has 0 amide bonds. The second-order valence-electron chi connectivity index (χ2n) is 5.05. The fourth-order valence-electron chi connectivity index (χ4n) is 2.47. The van der Waals surface area contributed by atoms with Gasteiger partial charge in [0.05, 0.1) is 6.04 Å². The van der Waals surface area contributed by atoms with Gasteiger partial charge in [0.15, 0.2) is 0 Å². The van der Waals surface area contributed by atoms with Crippen molar-refractivity contribution in [3.05, 3.63) is 41.8 Å². The molecule has 0 saturated carbocycles. The lowest BCUT2D eigenvalue weighted by molar-refractivity contribution is 0.461. The van der Waals surface area contributed by atoms with Crippen molar-refractivity contribution in [3.63, 3.8) is 0 Å². The third-order valence-electron chi connectivity index (χ3n) is 3.55. The van der Waals surface area contributed by atoms with Crippen molar-refractivity contribution < 1.29 is 4.42 Å². The van der Waals surface area contributed by atoms with Crippen molar-refractivity contribution in [2.24, 2.45) is 5.73 Å². The first-order valence-electron chi connectivity index (χ1n) is 6.63. The average molecular weight is 258 g/mol. The predicted molar refractivity (Wildman–Crippen MR) is 72.9 cm³/mol. The summed E-state index contributed by atoms with van der Waals surface area (Å²) in [4.78, 5) is 2.14. The van der Waals surface area contributed by atoms with Gasteiger partial charge in [-0.1, -0.05) is 35.4 Å². The maximum atomic E-state index is 5.73. The molecule has 1 aliphatic heterocycles. The highest BCUT2D eigenvalue weighted by Gasteiger charge is 2.27. The van der Waals surface area contributed by atoms with Crippen LogP contribution >= 0.6 is 0 Å². The number of nitrogens with two attached hydrogens (primary N) is 1. The van der Waals surface area contributed by atoms with Crippen LogP contribution in [0.3, 0.4) is 0 Å². The molecule has 2 aromatic rings. The first kappa shape index (κ1) is 12.2. The molecule has 0 bridgehead atoms. The summed E-state index contributed by atoms with van der Waals surface area (Å²) in [6.07, 6.45) is 1.11. The van der Waals surface area contributed by atoms with E-state index in [9.17, 15) is 0 Å². The Morgan fingerprint density at radius 2 is 2.11 bits per heavy atom. The topological polar surface area (TPSA) is 68.2 Å². The van der Waals surface area contributed by atoms with Gasteiger partial charge in [-0.3, -0.25) is 0 Å². The molecule has 1 fully saturated rings. The van der Waals surface area contributed by atoms with Crippen LogP contribution in [0.15, 0.2) is 34.7 Å². The largest absolute Gasteiger partial charge is 0.406 e. The summed E-state index contributed by atoms with van der Waals surface area (Å²) in [7, 11) is 0. The number of benzene rings is 1. The van der Waals surface area contributed by atoms with E-state index in [0.29, 0.717) is 17.8 Å². The van der Waals surface area contributed by atoms with Crippen LogP contribution < -0.4 is 10.6 Å². The van der Waals surface area contributed by atoms with Gasteiger partial charge >= 0.3 is 6.01 Å². The molecule has 5 heteroatoms. The maximum Gasteiger partial charge on any atom is 0.318 e. The molecule has 2 heterocycles. The minimum Gasteiger partial charge on any atom is -0.406 e. The van der Waals surface area contributed by atoms with Gasteiger partial charge in [0.2, 0.25) is 5.89 Å². The molecule has 1 saturated heterocycles. The lowest BCUT2D eigenvalue weighted by Gasteiger charge is -2.13. The van der Waals surface area contributed by atoms with E-state index in [1.807, 2.05) is 13.0 Å². The molecule has 5 nitrogen and oxygen atoms in total. The number of anilines is 1. The van der Waals surface area contributed by atoms with Gasteiger partial charge in [0, 0.05) is 19.0 Å². The summed E-state index contributed by atoms with van der Waals surface area (Å²) in [6.45, 7) is 3.71. The second-order valence-corrected chi connectivity index (χ2v) is 5.05. The van der Waals surface area contributed by atoms with E-state index in [1.165, 1.54) is 5.56 Å². The standard InChI is InChI=1S/C14H18N4O/c1-10(15)13-16-17-14(19-13)18-8-7-12(9-18)11-5-3-2-4-6-11/h2-6,10,12H,7-9,15H2,1H3. The Bertz CT molecular complexity index is 537. The number of hydrogen-bond donors (Lipinski definition) is 1. The molecule has 2 atom stereocenters. The molecule has 100 valence electrons. The van der Waals surface area contributed by atoms with Crippen LogP contribution in [0, 0.1) is 0 Å². The van der Waals surface area contributed by atoms with Gasteiger partial charge in [-0.25, -0.2) is 0 Å². The molecule has 1 aliphatic rings. The molecular formula is C14H18N4O. The van der Waals surface area contributed by atoms with E-state index in [-0.39, 0.29) is 6.04 Å². The van der Waals surface area contributed by atoms with Crippen LogP contribution in [0.1, 0.15) is 36.8 Å². The first-order chi connectivity index (χ1) is 9.24. The molecule has 2 N–H and O–H groups in total. The van der Waals surface area contributed by atoms with Crippen LogP contribution in [0.25, 0.3) is 0 Å². The fourth-order valence-corrected chi connectivity index (χ4v) is 2.47. The lowest BCUT2D eigenvalue weighted by Crippen LogP contribution is -2.19. The number of nitrogens with zero attached hydrogens (tertiary/aromatic N) is 3. The van der Waals surface area contributed by atoms with Crippen LogP contribution in [0.5, 0.6) is 0 Å². The third-order valence-corrected chi connectivity index (χ3v) is 3.55. The van der Waals surface area contributed by atoms with Gasteiger partial charge in [-0.15, -0.1) is 5.10 Å².